The zero-order valence-corrected chi connectivity index (χ0v) is 13.4. The van der Waals surface area contributed by atoms with Gasteiger partial charge in [-0.15, -0.1) is 0 Å². The maximum Gasteiger partial charge on any atom is 0.312 e. The maximum atomic E-state index is 12.3. The third-order valence-corrected chi connectivity index (χ3v) is 5.98. The van der Waals surface area contributed by atoms with E-state index in [-0.39, 0.29) is 23.7 Å². The lowest BCUT2D eigenvalue weighted by atomic mass is 9.52. The van der Waals surface area contributed by atoms with Gasteiger partial charge in [0.1, 0.15) is 0 Å². The Bertz CT molecular complexity index is 481. The van der Waals surface area contributed by atoms with E-state index in [9.17, 15) is 14.7 Å². The second-order valence-corrected chi connectivity index (χ2v) is 7.13. The van der Waals surface area contributed by atoms with Crippen LogP contribution >= 0.6 is 0 Å². The molecule has 0 aromatic carbocycles. The van der Waals surface area contributed by atoms with Gasteiger partial charge >= 0.3 is 11.9 Å². The van der Waals surface area contributed by atoms with Gasteiger partial charge in [-0.1, -0.05) is 25.5 Å². The molecule has 1 unspecified atom stereocenters. The molecule has 21 heavy (non-hydrogen) atoms. The van der Waals surface area contributed by atoms with Crippen molar-refractivity contribution in [3.63, 3.8) is 0 Å². The Kier molecular flexibility index (Phi) is 4.18. The first-order chi connectivity index (χ1) is 9.75. The van der Waals surface area contributed by atoms with E-state index in [1.807, 2.05) is 13.8 Å². The second-order valence-electron chi connectivity index (χ2n) is 7.13. The number of carbonyl (C=O) groups is 2. The Labute approximate surface area is 126 Å². The Morgan fingerprint density at radius 2 is 2.05 bits per heavy atom. The summed E-state index contributed by atoms with van der Waals surface area (Å²) in [5, 5.41) is 9.31. The van der Waals surface area contributed by atoms with Gasteiger partial charge in [0.2, 0.25) is 0 Å². The van der Waals surface area contributed by atoms with Crippen molar-refractivity contribution >= 4 is 11.9 Å². The molecule has 2 aliphatic carbocycles. The Morgan fingerprint density at radius 1 is 1.38 bits per heavy atom. The van der Waals surface area contributed by atoms with Crippen LogP contribution in [0.15, 0.2) is 11.6 Å². The minimum atomic E-state index is -0.767. The maximum absolute atomic E-state index is 12.3. The summed E-state index contributed by atoms with van der Waals surface area (Å²) in [4.78, 5) is 23.6. The molecule has 1 fully saturated rings. The number of fused-ring (bicyclic) bond motifs is 1. The third kappa shape index (κ3) is 2.49. The molecule has 0 spiro atoms. The average molecular weight is 294 g/mol. The van der Waals surface area contributed by atoms with E-state index in [2.05, 4.69) is 13.0 Å². The average Bonchev–Trinajstić information content (AvgIpc) is 2.42. The monoisotopic (exact) mass is 294 g/mol. The highest BCUT2D eigenvalue weighted by Gasteiger charge is 2.53. The predicted octanol–water partition coefficient (Wildman–Crippen LogP) is 3.41. The Morgan fingerprint density at radius 3 is 2.62 bits per heavy atom. The second kappa shape index (κ2) is 5.47. The minimum absolute atomic E-state index is 0.110. The van der Waals surface area contributed by atoms with Crippen LogP contribution in [0.1, 0.15) is 52.9 Å². The van der Waals surface area contributed by atoms with Gasteiger partial charge in [-0.05, 0) is 44.4 Å². The van der Waals surface area contributed by atoms with E-state index in [1.54, 1.807) is 0 Å². The van der Waals surface area contributed by atoms with E-state index in [0.717, 1.165) is 25.7 Å². The molecule has 4 heteroatoms. The molecule has 0 saturated heterocycles. The zero-order valence-electron chi connectivity index (χ0n) is 13.4. The quantitative estimate of drug-likeness (QED) is 0.640. The van der Waals surface area contributed by atoms with Crippen molar-refractivity contribution < 1.29 is 19.4 Å². The number of carboxylic acids is 1. The van der Waals surface area contributed by atoms with Crippen molar-refractivity contribution in [3.05, 3.63) is 11.6 Å². The summed E-state index contributed by atoms with van der Waals surface area (Å²) >= 11 is 0. The summed E-state index contributed by atoms with van der Waals surface area (Å²) in [6, 6.07) is 0. The number of ether oxygens (including phenoxy) is 1. The minimum Gasteiger partial charge on any atom is -0.481 e. The van der Waals surface area contributed by atoms with Crippen molar-refractivity contribution in [2.45, 2.75) is 52.9 Å². The van der Waals surface area contributed by atoms with E-state index < -0.39 is 11.4 Å². The number of hydrogen-bond donors (Lipinski definition) is 1. The van der Waals surface area contributed by atoms with Crippen molar-refractivity contribution in [1.29, 1.82) is 0 Å². The number of carboxylic acid groups (broad SMARTS) is 1. The van der Waals surface area contributed by atoms with Crippen LogP contribution < -0.4 is 0 Å². The first kappa shape index (κ1) is 16.1. The molecule has 0 aromatic rings. The van der Waals surface area contributed by atoms with Crippen molar-refractivity contribution in [2.75, 3.05) is 7.11 Å². The van der Waals surface area contributed by atoms with Gasteiger partial charge in [0, 0.05) is 5.41 Å². The highest BCUT2D eigenvalue weighted by atomic mass is 16.5. The number of aliphatic carboxylic acids is 1. The summed E-state index contributed by atoms with van der Waals surface area (Å²) < 4.78 is 5.04. The van der Waals surface area contributed by atoms with Crippen LogP contribution in [0, 0.1) is 22.7 Å². The fraction of sp³-hybridized carbons (Fsp3) is 0.765. The molecule has 2 rings (SSSR count). The molecule has 1 N–H and O–H groups in total. The topological polar surface area (TPSA) is 63.6 Å². The lowest BCUT2D eigenvalue weighted by molar-refractivity contribution is -0.156. The van der Waals surface area contributed by atoms with Crippen LogP contribution in [0.5, 0.6) is 0 Å². The van der Waals surface area contributed by atoms with E-state index >= 15 is 0 Å². The molecule has 0 bridgehead atoms. The largest absolute Gasteiger partial charge is 0.481 e. The van der Waals surface area contributed by atoms with Crippen molar-refractivity contribution in [3.8, 4) is 0 Å². The molecular formula is C17H26O4. The number of rotatable bonds is 3. The molecule has 1 saturated carbocycles. The molecule has 4 atom stereocenters. The highest BCUT2D eigenvalue weighted by Crippen LogP contribution is 2.58. The molecule has 118 valence electrons. The van der Waals surface area contributed by atoms with Crippen molar-refractivity contribution in [2.24, 2.45) is 22.7 Å². The summed E-state index contributed by atoms with van der Waals surface area (Å²) in [6.07, 6.45) is 5.82. The number of hydrogen-bond acceptors (Lipinski definition) is 3. The Hall–Kier alpha value is -1.32. The van der Waals surface area contributed by atoms with E-state index in [4.69, 9.17) is 4.74 Å². The number of methoxy groups -OCH3 is 1. The van der Waals surface area contributed by atoms with Crippen LogP contribution in [0.25, 0.3) is 0 Å². The van der Waals surface area contributed by atoms with Crippen LogP contribution in [-0.4, -0.2) is 24.2 Å². The van der Waals surface area contributed by atoms with Crippen LogP contribution in [0.3, 0.4) is 0 Å². The third-order valence-electron chi connectivity index (χ3n) is 5.98. The zero-order chi connectivity index (χ0) is 15.8. The van der Waals surface area contributed by atoms with Gasteiger partial charge in [-0.2, -0.15) is 0 Å². The van der Waals surface area contributed by atoms with E-state index in [0.29, 0.717) is 5.92 Å². The molecule has 0 aliphatic heterocycles. The van der Waals surface area contributed by atoms with Gasteiger partial charge in [0.15, 0.2) is 0 Å². The van der Waals surface area contributed by atoms with Crippen LogP contribution in [-0.2, 0) is 14.3 Å². The fourth-order valence-corrected chi connectivity index (χ4v) is 4.38. The fourth-order valence-electron chi connectivity index (χ4n) is 4.38. The molecule has 0 heterocycles. The van der Waals surface area contributed by atoms with Gasteiger partial charge in [-0.25, -0.2) is 0 Å². The van der Waals surface area contributed by atoms with Gasteiger partial charge in [0.05, 0.1) is 18.9 Å². The van der Waals surface area contributed by atoms with E-state index in [1.165, 1.54) is 12.7 Å². The standard InChI is InChI=1S/C17H26O4/c1-11-7-8-13-12(17(11,3)10-14(18)19)6-5-9-16(13,2)15(20)21-4/h6,11,13H,5,7-10H2,1-4H3,(H,18,19)/t11?,13-,16-,17-/m0/s1. The van der Waals surface area contributed by atoms with Crippen LogP contribution in [0.4, 0.5) is 0 Å². The summed E-state index contributed by atoms with van der Waals surface area (Å²) in [6.45, 7) is 6.16. The molecule has 2 aliphatic rings. The van der Waals surface area contributed by atoms with Gasteiger partial charge in [-0.3, -0.25) is 9.59 Å². The number of esters is 1. The first-order valence-corrected chi connectivity index (χ1v) is 7.76. The summed E-state index contributed by atoms with van der Waals surface area (Å²) in [5.41, 5.74) is 0.297. The predicted molar refractivity (Wildman–Crippen MR) is 79.7 cm³/mol. The van der Waals surface area contributed by atoms with Crippen LogP contribution in [0.2, 0.25) is 0 Å². The molecule has 0 radical (unpaired) electrons. The summed E-state index contributed by atoms with van der Waals surface area (Å²) in [7, 11) is 1.44. The number of carbonyl (C=O) groups excluding carboxylic acids is 1. The van der Waals surface area contributed by atoms with Gasteiger partial charge in [0.25, 0.3) is 0 Å². The normalized spacial score (nSPS) is 39.1. The SMILES string of the molecule is COC(=O)[C@@]1(C)CCC=C2[C@@H]1CCC(C)[C@]2(C)CC(=O)O. The highest BCUT2D eigenvalue weighted by molar-refractivity contribution is 5.78. The Balaban J connectivity index is 2.43. The molecule has 0 aromatic heterocycles. The summed E-state index contributed by atoms with van der Waals surface area (Å²) in [5.74, 6) is -0.503. The van der Waals surface area contributed by atoms with Crippen molar-refractivity contribution in [1.82, 2.24) is 0 Å². The number of allylic oxidation sites excluding steroid dienone is 2. The smallest absolute Gasteiger partial charge is 0.312 e. The van der Waals surface area contributed by atoms with Gasteiger partial charge < -0.3 is 9.84 Å². The lowest BCUT2D eigenvalue weighted by Gasteiger charge is -2.52. The molecular weight excluding hydrogens is 268 g/mol. The molecule has 4 nitrogen and oxygen atoms in total. The molecule has 0 amide bonds. The first-order valence-electron chi connectivity index (χ1n) is 7.76. The lowest BCUT2D eigenvalue weighted by Crippen LogP contribution is -2.48.